The molecule has 3 unspecified atom stereocenters. The van der Waals surface area contributed by atoms with Crippen molar-refractivity contribution in [3.05, 3.63) is 34.9 Å². The number of nitrogens with zero attached hydrogens (tertiary/aromatic N) is 1. The van der Waals surface area contributed by atoms with Crippen molar-refractivity contribution in [3.63, 3.8) is 0 Å². The van der Waals surface area contributed by atoms with Crippen molar-refractivity contribution >= 4 is 5.70 Å². The molecule has 0 amide bonds. The molecule has 0 aromatic heterocycles. The molecule has 0 aliphatic carbocycles. The first-order chi connectivity index (χ1) is 16.6. The van der Waals surface area contributed by atoms with E-state index in [0.29, 0.717) is 30.6 Å². The number of likely N-dealkylation sites (tertiary alicyclic amines) is 1. The minimum absolute atomic E-state index is 0.151. The normalized spacial score (nSPS) is 20.6. The maximum Gasteiger partial charge on any atom is 0.419 e. The van der Waals surface area contributed by atoms with Crippen molar-refractivity contribution in [2.45, 2.75) is 96.8 Å². The number of allylic oxidation sites excluding steroid dienone is 1. The average Bonchev–Trinajstić information content (AvgIpc) is 3.16. The van der Waals surface area contributed by atoms with Crippen LogP contribution in [0.1, 0.15) is 83.3 Å². The summed E-state index contributed by atoms with van der Waals surface area (Å²) in [7, 11) is 3.35. The van der Waals surface area contributed by atoms with Crippen LogP contribution in [0.4, 0.5) is 17.6 Å². The summed E-state index contributed by atoms with van der Waals surface area (Å²) >= 11 is 0. The predicted molar refractivity (Wildman–Crippen MR) is 133 cm³/mol. The van der Waals surface area contributed by atoms with Gasteiger partial charge in [-0.25, -0.2) is 4.39 Å². The summed E-state index contributed by atoms with van der Waals surface area (Å²) in [6.45, 7) is 6.53. The van der Waals surface area contributed by atoms with Crippen LogP contribution in [-0.4, -0.2) is 50.7 Å². The molecular formula is C27H42F4N2O2. The number of alkyl halides is 4. The second-order valence-electron chi connectivity index (χ2n) is 9.47. The summed E-state index contributed by atoms with van der Waals surface area (Å²) in [5, 5.41) is 3.28. The lowest BCUT2D eigenvalue weighted by Crippen LogP contribution is -2.46. The minimum Gasteiger partial charge on any atom is -0.493 e. The van der Waals surface area contributed by atoms with E-state index in [0.717, 1.165) is 43.7 Å². The van der Waals surface area contributed by atoms with Crippen molar-refractivity contribution in [1.82, 2.24) is 10.2 Å². The summed E-state index contributed by atoms with van der Waals surface area (Å²) in [6, 6.07) is 3.97. The van der Waals surface area contributed by atoms with Gasteiger partial charge in [-0.3, -0.25) is 4.90 Å². The van der Waals surface area contributed by atoms with Crippen LogP contribution in [-0.2, 0) is 10.9 Å². The van der Waals surface area contributed by atoms with E-state index in [-0.39, 0.29) is 18.4 Å². The van der Waals surface area contributed by atoms with Crippen LogP contribution in [0.25, 0.3) is 5.70 Å². The lowest BCUT2D eigenvalue weighted by atomic mass is 10.0. The average molecular weight is 503 g/mol. The number of unbranched alkanes of at least 4 members (excludes halogenated alkanes) is 5. The van der Waals surface area contributed by atoms with Gasteiger partial charge >= 0.3 is 6.18 Å². The zero-order chi connectivity index (χ0) is 26.0. The van der Waals surface area contributed by atoms with Crippen molar-refractivity contribution in [2.24, 2.45) is 0 Å². The molecule has 1 aromatic carbocycles. The summed E-state index contributed by atoms with van der Waals surface area (Å²) in [5.41, 5.74) is 1.07. The second kappa shape index (κ2) is 14.1. The molecule has 1 saturated heterocycles. The highest BCUT2D eigenvalue weighted by atomic mass is 19.4. The third-order valence-electron chi connectivity index (χ3n) is 6.73. The van der Waals surface area contributed by atoms with E-state index in [4.69, 9.17) is 9.47 Å². The molecular weight excluding hydrogens is 460 g/mol. The smallest absolute Gasteiger partial charge is 0.419 e. The van der Waals surface area contributed by atoms with E-state index < -0.39 is 24.1 Å². The molecule has 35 heavy (non-hydrogen) atoms. The largest absolute Gasteiger partial charge is 0.493 e. The van der Waals surface area contributed by atoms with Crippen LogP contribution in [0.3, 0.4) is 0 Å². The summed E-state index contributed by atoms with van der Waals surface area (Å²) < 4.78 is 67.1. The van der Waals surface area contributed by atoms with Crippen LogP contribution in [0.2, 0.25) is 0 Å². The van der Waals surface area contributed by atoms with Gasteiger partial charge in [-0.2, -0.15) is 13.2 Å². The van der Waals surface area contributed by atoms with Crippen LogP contribution < -0.4 is 10.1 Å². The van der Waals surface area contributed by atoms with Crippen LogP contribution in [0.15, 0.2) is 23.8 Å². The molecule has 1 aliphatic heterocycles. The maximum atomic E-state index is 14.0. The minimum atomic E-state index is -4.55. The van der Waals surface area contributed by atoms with Crippen LogP contribution in [0, 0.1) is 0 Å². The first-order valence-electron chi connectivity index (χ1n) is 12.8. The van der Waals surface area contributed by atoms with Gasteiger partial charge in [-0.1, -0.05) is 46.0 Å². The molecule has 0 radical (unpaired) electrons. The quantitative estimate of drug-likeness (QED) is 0.166. The summed E-state index contributed by atoms with van der Waals surface area (Å²) in [4.78, 5) is 1.88. The number of hydrogen-bond donors (Lipinski definition) is 1. The van der Waals surface area contributed by atoms with Gasteiger partial charge in [0.2, 0.25) is 0 Å². The standard InChI is InChI=1S/C27H42F4N2O2/c1-6-8-9-10-11-12-15-35-24-14-13-20(16-22(24)27(29,30)31)25(19(3)7-2)32-26(34-5)23-17-21(28)18-33(23)4/h13-14,16,21,23,26,32H,6-12,15,17-18H2,1-5H3. The zero-order valence-electron chi connectivity index (χ0n) is 21.8. The van der Waals surface area contributed by atoms with Crippen molar-refractivity contribution in [1.29, 1.82) is 0 Å². The Kier molecular flexibility index (Phi) is 11.8. The highest BCUT2D eigenvalue weighted by molar-refractivity contribution is 5.68. The Bertz CT molecular complexity index is 813. The number of methoxy groups -OCH3 is 1. The summed E-state index contributed by atoms with van der Waals surface area (Å²) in [6.07, 6.45) is 1.09. The van der Waals surface area contributed by atoms with Gasteiger partial charge in [0, 0.05) is 19.4 Å². The van der Waals surface area contributed by atoms with Crippen molar-refractivity contribution < 1.29 is 27.0 Å². The molecule has 1 aromatic rings. The molecule has 1 heterocycles. The number of nitrogens with one attached hydrogen (secondary N) is 1. The Morgan fingerprint density at radius 2 is 1.83 bits per heavy atom. The SMILES string of the molecule is CCCCCCCCOc1ccc(C(NC(OC)C2CC(F)CN2C)=C(C)CC)cc1C(F)(F)F. The van der Waals surface area contributed by atoms with E-state index in [2.05, 4.69) is 12.2 Å². The fourth-order valence-electron chi connectivity index (χ4n) is 4.50. The monoisotopic (exact) mass is 502 g/mol. The van der Waals surface area contributed by atoms with Gasteiger partial charge in [0.1, 0.15) is 18.1 Å². The molecule has 200 valence electrons. The van der Waals surface area contributed by atoms with Crippen molar-refractivity contribution in [3.8, 4) is 5.75 Å². The van der Waals surface area contributed by atoms with Gasteiger partial charge in [0.15, 0.2) is 0 Å². The fourth-order valence-corrected chi connectivity index (χ4v) is 4.50. The number of likely N-dealkylation sites (N-methyl/N-ethyl adjacent to an activating group) is 1. The summed E-state index contributed by atoms with van der Waals surface area (Å²) in [5.74, 6) is -0.151. The topological polar surface area (TPSA) is 33.7 Å². The Morgan fingerprint density at radius 1 is 1.14 bits per heavy atom. The highest BCUT2D eigenvalue weighted by Gasteiger charge is 2.37. The molecule has 1 fully saturated rings. The molecule has 0 bridgehead atoms. The molecule has 2 rings (SSSR count). The first-order valence-corrected chi connectivity index (χ1v) is 12.8. The fraction of sp³-hybridized carbons (Fsp3) is 0.704. The second-order valence-corrected chi connectivity index (χ2v) is 9.47. The molecule has 8 heteroatoms. The predicted octanol–water partition coefficient (Wildman–Crippen LogP) is 7.19. The van der Waals surface area contributed by atoms with Crippen LogP contribution >= 0.6 is 0 Å². The zero-order valence-corrected chi connectivity index (χ0v) is 21.8. The number of benzene rings is 1. The van der Waals surface area contributed by atoms with Gasteiger partial charge in [-0.15, -0.1) is 0 Å². The lowest BCUT2D eigenvalue weighted by molar-refractivity contribution is -0.139. The van der Waals surface area contributed by atoms with E-state index in [1.54, 1.807) is 6.07 Å². The van der Waals surface area contributed by atoms with Gasteiger partial charge in [-0.05, 0) is 62.6 Å². The maximum absolute atomic E-state index is 14.0. The Balaban J connectivity index is 2.23. The van der Waals surface area contributed by atoms with Gasteiger partial charge < -0.3 is 14.8 Å². The van der Waals surface area contributed by atoms with Gasteiger partial charge in [0.25, 0.3) is 0 Å². The molecule has 3 atom stereocenters. The molecule has 1 N–H and O–H groups in total. The number of halogens is 4. The Labute approximate surface area is 208 Å². The lowest BCUT2D eigenvalue weighted by Gasteiger charge is -2.31. The number of ether oxygens (including phenoxy) is 2. The van der Waals surface area contributed by atoms with E-state index in [1.807, 2.05) is 25.8 Å². The van der Waals surface area contributed by atoms with E-state index >= 15 is 0 Å². The third-order valence-corrected chi connectivity index (χ3v) is 6.73. The van der Waals surface area contributed by atoms with E-state index in [1.165, 1.54) is 19.6 Å². The van der Waals surface area contributed by atoms with Crippen LogP contribution in [0.5, 0.6) is 5.75 Å². The highest BCUT2D eigenvalue weighted by Crippen LogP contribution is 2.38. The number of rotatable bonds is 14. The third kappa shape index (κ3) is 8.67. The van der Waals surface area contributed by atoms with E-state index in [9.17, 15) is 17.6 Å². The molecule has 0 spiro atoms. The number of hydrogen-bond acceptors (Lipinski definition) is 4. The molecule has 1 aliphatic rings. The first kappa shape index (κ1) is 29.4. The van der Waals surface area contributed by atoms with Crippen molar-refractivity contribution in [2.75, 3.05) is 27.3 Å². The molecule has 4 nitrogen and oxygen atoms in total. The molecule has 0 saturated carbocycles. The Morgan fingerprint density at radius 3 is 2.40 bits per heavy atom. The Hall–Kier alpha value is -1.80. The van der Waals surface area contributed by atoms with Gasteiger partial charge in [0.05, 0.1) is 18.2 Å².